The highest BCUT2D eigenvalue weighted by molar-refractivity contribution is 6.15. The average molecular weight is 291 g/mol. The molecule has 2 aromatic heterocycles. The summed E-state index contributed by atoms with van der Waals surface area (Å²) in [5.41, 5.74) is 1.08. The summed E-state index contributed by atoms with van der Waals surface area (Å²) in [6, 6.07) is 13.6. The number of aromatic nitrogens is 3. The van der Waals surface area contributed by atoms with Crippen molar-refractivity contribution in [1.82, 2.24) is 15.4 Å². The lowest BCUT2D eigenvalue weighted by Crippen LogP contribution is -2.15. The number of hydrogen-bond donors (Lipinski definition) is 1. The van der Waals surface area contributed by atoms with Crippen LogP contribution in [0.1, 0.15) is 15.9 Å². The SMILES string of the molecule is O=C(c1cc2ccccc2oc1=O)c1cccc2n[nH]nc12. The third-order valence-corrected chi connectivity index (χ3v) is 3.48. The molecule has 1 N–H and O–H groups in total. The van der Waals surface area contributed by atoms with E-state index in [2.05, 4.69) is 15.4 Å². The molecule has 0 amide bonds. The first kappa shape index (κ1) is 12.5. The van der Waals surface area contributed by atoms with Crippen LogP contribution < -0.4 is 5.63 Å². The van der Waals surface area contributed by atoms with E-state index in [4.69, 9.17) is 4.42 Å². The summed E-state index contributed by atoms with van der Waals surface area (Å²) in [6.07, 6.45) is 0. The Balaban J connectivity index is 1.95. The molecule has 0 unspecified atom stereocenters. The van der Waals surface area contributed by atoms with Gasteiger partial charge < -0.3 is 4.42 Å². The Morgan fingerprint density at radius 1 is 1.00 bits per heavy atom. The lowest BCUT2D eigenvalue weighted by atomic mass is 10.0. The molecule has 0 aliphatic carbocycles. The highest BCUT2D eigenvalue weighted by Crippen LogP contribution is 2.19. The summed E-state index contributed by atoms with van der Waals surface area (Å²) in [5, 5.41) is 11.1. The van der Waals surface area contributed by atoms with E-state index in [0.717, 1.165) is 0 Å². The minimum Gasteiger partial charge on any atom is -0.422 e. The molecule has 0 saturated carbocycles. The molecule has 0 spiro atoms. The van der Waals surface area contributed by atoms with E-state index in [-0.39, 0.29) is 5.56 Å². The maximum absolute atomic E-state index is 12.7. The second-order valence-corrected chi connectivity index (χ2v) is 4.81. The summed E-state index contributed by atoms with van der Waals surface area (Å²) in [4.78, 5) is 24.8. The average Bonchev–Trinajstić information content (AvgIpc) is 3.02. The molecular formula is C16H9N3O3. The first-order valence-electron chi connectivity index (χ1n) is 6.61. The quantitative estimate of drug-likeness (QED) is 0.452. The number of ketones is 1. The summed E-state index contributed by atoms with van der Waals surface area (Å²) in [5.74, 6) is -0.431. The fourth-order valence-corrected chi connectivity index (χ4v) is 2.42. The lowest BCUT2D eigenvalue weighted by Gasteiger charge is -2.02. The molecule has 0 atom stereocenters. The molecule has 0 radical (unpaired) electrons. The van der Waals surface area contributed by atoms with Crippen molar-refractivity contribution in [3.05, 3.63) is 70.1 Å². The van der Waals surface area contributed by atoms with Gasteiger partial charge in [-0.3, -0.25) is 4.79 Å². The summed E-state index contributed by atoms with van der Waals surface area (Å²) >= 11 is 0. The van der Waals surface area contributed by atoms with Crippen molar-refractivity contribution in [3.8, 4) is 0 Å². The molecule has 2 aromatic carbocycles. The number of carbonyl (C=O) groups excluding carboxylic acids is 1. The number of benzene rings is 2. The van der Waals surface area contributed by atoms with Crippen molar-refractivity contribution >= 4 is 27.8 Å². The number of H-pyrrole nitrogens is 1. The fourth-order valence-electron chi connectivity index (χ4n) is 2.42. The minimum atomic E-state index is -0.663. The number of nitrogens with one attached hydrogen (secondary N) is 1. The van der Waals surface area contributed by atoms with Crippen LogP contribution in [0.4, 0.5) is 0 Å². The van der Waals surface area contributed by atoms with E-state index >= 15 is 0 Å². The Bertz CT molecular complexity index is 1080. The van der Waals surface area contributed by atoms with Crippen LogP contribution in [0.2, 0.25) is 0 Å². The van der Waals surface area contributed by atoms with Gasteiger partial charge in [0.25, 0.3) is 0 Å². The van der Waals surface area contributed by atoms with Crippen LogP contribution in [0, 0.1) is 0 Å². The van der Waals surface area contributed by atoms with Crippen LogP contribution in [-0.4, -0.2) is 21.2 Å². The van der Waals surface area contributed by atoms with Gasteiger partial charge >= 0.3 is 5.63 Å². The number of nitrogens with zero attached hydrogens (tertiary/aromatic N) is 2. The van der Waals surface area contributed by atoms with Gasteiger partial charge in [0.05, 0.1) is 5.56 Å². The number of para-hydroxylation sites is 2. The van der Waals surface area contributed by atoms with E-state index in [1.807, 2.05) is 6.07 Å². The first-order chi connectivity index (χ1) is 10.7. The highest BCUT2D eigenvalue weighted by atomic mass is 16.4. The Labute approximate surface area is 123 Å². The van der Waals surface area contributed by atoms with Crippen molar-refractivity contribution in [2.75, 3.05) is 0 Å². The van der Waals surface area contributed by atoms with Gasteiger partial charge in [-0.2, -0.15) is 15.4 Å². The van der Waals surface area contributed by atoms with Gasteiger partial charge in [-0.15, -0.1) is 0 Å². The minimum absolute atomic E-state index is 0.0193. The maximum Gasteiger partial charge on any atom is 0.347 e. The molecule has 4 rings (SSSR count). The van der Waals surface area contributed by atoms with E-state index in [9.17, 15) is 9.59 Å². The van der Waals surface area contributed by atoms with Crippen molar-refractivity contribution in [1.29, 1.82) is 0 Å². The second-order valence-electron chi connectivity index (χ2n) is 4.81. The van der Waals surface area contributed by atoms with Gasteiger partial charge in [-0.05, 0) is 24.3 Å². The Hall–Kier alpha value is -3.28. The largest absolute Gasteiger partial charge is 0.422 e. The van der Waals surface area contributed by atoms with E-state index in [0.29, 0.717) is 27.6 Å². The molecule has 0 bridgehead atoms. The molecule has 0 fully saturated rings. The zero-order valence-electron chi connectivity index (χ0n) is 11.2. The molecule has 0 aliphatic rings. The number of aromatic amines is 1. The topological polar surface area (TPSA) is 88.9 Å². The van der Waals surface area contributed by atoms with Crippen molar-refractivity contribution in [2.24, 2.45) is 0 Å². The second kappa shape index (κ2) is 4.63. The third-order valence-electron chi connectivity index (χ3n) is 3.48. The van der Waals surface area contributed by atoms with Crippen LogP contribution in [0.3, 0.4) is 0 Å². The summed E-state index contributed by atoms with van der Waals surface area (Å²) in [6.45, 7) is 0. The van der Waals surface area contributed by atoms with Crippen LogP contribution in [0.5, 0.6) is 0 Å². The first-order valence-corrected chi connectivity index (χ1v) is 6.61. The molecule has 2 heterocycles. The third kappa shape index (κ3) is 1.81. The predicted octanol–water partition coefficient (Wildman–Crippen LogP) is 2.30. The smallest absolute Gasteiger partial charge is 0.347 e. The normalized spacial score (nSPS) is 11.1. The van der Waals surface area contributed by atoms with E-state index in [1.54, 1.807) is 42.5 Å². The van der Waals surface area contributed by atoms with Crippen LogP contribution in [0.25, 0.3) is 22.0 Å². The zero-order chi connectivity index (χ0) is 15.1. The van der Waals surface area contributed by atoms with Gasteiger partial charge in [-0.1, -0.05) is 24.3 Å². The molecule has 22 heavy (non-hydrogen) atoms. The number of hydrogen-bond acceptors (Lipinski definition) is 5. The predicted molar refractivity (Wildman–Crippen MR) is 79.8 cm³/mol. The van der Waals surface area contributed by atoms with Crippen molar-refractivity contribution in [3.63, 3.8) is 0 Å². The number of carbonyl (C=O) groups is 1. The van der Waals surface area contributed by atoms with Crippen molar-refractivity contribution < 1.29 is 9.21 Å². The summed E-state index contributed by atoms with van der Waals surface area (Å²) in [7, 11) is 0. The standard InChI is InChI=1S/C16H9N3O3/c20-15(10-5-3-6-12-14(10)18-19-17-12)11-8-9-4-1-2-7-13(9)22-16(11)21/h1-8H,(H,17,18,19). The van der Waals surface area contributed by atoms with Gasteiger partial charge in [-0.25, -0.2) is 4.79 Å². The molecule has 6 heteroatoms. The van der Waals surface area contributed by atoms with Gasteiger partial charge in [0, 0.05) is 5.39 Å². The van der Waals surface area contributed by atoms with Crippen LogP contribution >= 0.6 is 0 Å². The molecule has 6 nitrogen and oxygen atoms in total. The molecule has 0 saturated heterocycles. The summed E-state index contributed by atoms with van der Waals surface area (Å²) < 4.78 is 5.21. The van der Waals surface area contributed by atoms with Gasteiger partial charge in [0.2, 0.25) is 5.78 Å². The monoisotopic (exact) mass is 291 g/mol. The molecular weight excluding hydrogens is 282 g/mol. The maximum atomic E-state index is 12.7. The molecule has 4 aromatic rings. The van der Waals surface area contributed by atoms with Crippen molar-refractivity contribution in [2.45, 2.75) is 0 Å². The van der Waals surface area contributed by atoms with Gasteiger partial charge in [0.15, 0.2) is 0 Å². The van der Waals surface area contributed by atoms with E-state index in [1.165, 1.54) is 0 Å². The Kier molecular flexibility index (Phi) is 2.62. The number of rotatable bonds is 2. The van der Waals surface area contributed by atoms with Crippen LogP contribution in [-0.2, 0) is 0 Å². The molecule has 0 aliphatic heterocycles. The Morgan fingerprint density at radius 2 is 1.86 bits per heavy atom. The Morgan fingerprint density at radius 3 is 2.77 bits per heavy atom. The molecule has 106 valence electrons. The number of fused-ring (bicyclic) bond motifs is 2. The fraction of sp³-hybridized carbons (Fsp3) is 0. The van der Waals surface area contributed by atoms with Gasteiger partial charge in [0.1, 0.15) is 22.2 Å². The van der Waals surface area contributed by atoms with E-state index < -0.39 is 11.4 Å². The van der Waals surface area contributed by atoms with Crippen LogP contribution in [0.15, 0.2) is 57.7 Å². The highest BCUT2D eigenvalue weighted by Gasteiger charge is 2.19. The lowest BCUT2D eigenvalue weighted by molar-refractivity contribution is 0.103. The zero-order valence-corrected chi connectivity index (χ0v) is 11.2.